The van der Waals surface area contributed by atoms with Crippen LogP contribution in [0, 0.1) is 5.92 Å². The van der Waals surface area contributed by atoms with E-state index >= 15 is 0 Å². The summed E-state index contributed by atoms with van der Waals surface area (Å²) in [6.45, 7) is 6.93. The van der Waals surface area contributed by atoms with E-state index in [0.717, 1.165) is 25.4 Å². The average Bonchev–Trinajstić information content (AvgIpc) is 3.06. The molecule has 0 N–H and O–H groups in total. The zero-order valence-corrected chi connectivity index (χ0v) is 13.0. The lowest BCUT2D eigenvalue weighted by atomic mass is 9.99. The molecular formula is C15H23N5O. The van der Waals surface area contributed by atoms with E-state index in [9.17, 15) is 0 Å². The lowest BCUT2D eigenvalue weighted by molar-refractivity contribution is 0.212. The van der Waals surface area contributed by atoms with Gasteiger partial charge >= 0.3 is 0 Å². The van der Waals surface area contributed by atoms with Crippen molar-refractivity contribution in [3.8, 4) is 0 Å². The van der Waals surface area contributed by atoms with Crippen molar-refractivity contribution in [2.24, 2.45) is 5.92 Å². The van der Waals surface area contributed by atoms with Gasteiger partial charge in [0.25, 0.3) is 0 Å². The largest absolute Gasteiger partial charge is 0.424 e. The van der Waals surface area contributed by atoms with Crippen LogP contribution in [0.2, 0.25) is 0 Å². The number of aromatic nitrogens is 4. The molecule has 21 heavy (non-hydrogen) atoms. The van der Waals surface area contributed by atoms with Crippen LogP contribution in [0.4, 0.5) is 0 Å². The molecule has 0 saturated heterocycles. The van der Waals surface area contributed by atoms with Crippen molar-refractivity contribution in [3.63, 3.8) is 0 Å². The number of hydrogen-bond acceptors (Lipinski definition) is 5. The molecule has 0 fully saturated rings. The molecule has 0 amide bonds. The molecule has 0 aliphatic carbocycles. The summed E-state index contributed by atoms with van der Waals surface area (Å²) in [5.41, 5.74) is 0. The standard InChI is InChI=1S/C15H23N5O/c1-11(2)15-18-17-14(21-15)10-19(3)8-12-4-5-13-16-6-7-20(13)9-12/h6-7,11-12H,4-5,8-10H2,1-3H3/t12-/m0/s1. The van der Waals surface area contributed by atoms with Crippen molar-refractivity contribution in [1.82, 2.24) is 24.6 Å². The minimum atomic E-state index is 0.287. The lowest BCUT2D eigenvalue weighted by Gasteiger charge is -2.27. The van der Waals surface area contributed by atoms with Gasteiger partial charge in [0, 0.05) is 37.8 Å². The highest BCUT2D eigenvalue weighted by atomic mass is 16.4. The summed E-state index contributed by atoms with van der Waals surface area (Å²) < 4.78 is 7.94. The summed E-state index contributed by atoms with van der Waals surface area (Å²) in [4.78, 5) is 6.64. The monoisotopic (exact) mass is 289 g/mol. The van der Waals surface area contributed by atoms with E-state index < -0.39 is 0 Å². The van der Waals surface area contributed by atoms with Crippen molar-refractivity contribution in [3.05, 3.63) is 30.0 Å². The molecule has 0 spiro atoms. The summed E-state index contributed by atoms with van der Waals surface area (Å²) >= 11 is 0. The van der Waals surface area contributed by atoms with Crippen LogP contribution in [0.25, 0.3) is 0 Å². The quantitative estimate of drug-likeness (QED) is 0.843. The second-order valence-electron chi connectivity index (χ2n) is 6.29. The highest BCUT2D eigenvalue weighted by Crippen LogP contribution is 2.20. The van der Waals surface area contributed by atoms with Gasteiger partial charge in [0.05, 0.1) is 6.54 Å². The summed E-state index contributed by atoms with van der Waals surface area (Å²) in [6, 6.07) is 0. The van der Waals surface area contributed by atoms with Crippen LogP contribution in [-0.2, 0) is 19.5 Å². The van der Waals surface area contributed by atoms with Gasteiger partial charge in [0.15, 0.2) is 0 Å². The number of fused-ring (bicyclic) bond motifs is 1. The number of aryl methyl sites for hydroxylation is 1. The van der Waals surface area contributed by atoms with Crippen LogP contribution in [0.3, 0.4) is 0 Å². The van der Waals surface area contributed by atoms with Gasteiger partial charge in [-0.1, -0.05) is 13.8 Å². The first-order chi connectivity index (χ1) is 10.1. The second-order valence-corrected chi connectivity index (χ2v) is 6.29. The van der Waals surface area contributed by atoms with Crippen molar-refractivity contribution < 1.29 is 4.42 Å². The molecule has 0 bridgehead atoms. The Labute approximate surface area is 125 Å². The third kappa shape index (κ3) is 3.32. The fourth-order valence-corrected chi connectivity index (χ4v) is 2.89. The van der Waals surface area contributed by atoms with Crippen LogP contribution in [0.1, 0.15) is 43.8 Å². The SMILES string of the molecule is CC(C)c1nnc(CN(C)C[C@@H]2CCc3nccn3C2)o1. The molecule has 0 unspecified atom stereocenters. The summed E-state index contributed by atoms with van der Waals surface area (Å²) in [7, 11) is 2.11. The Kier molecular flexibility index (Phi) is 4.05. The second kappa shape index (κ2) is 5.97. The minimum Gasteiger partial charge on any atom is -0.424 e. The minimum absolute atomic E-state index is 0.287. The molecule has 3 rings (SSSR count). The average molecular weight is 289 g/mol. The zero-order valence-electron chi connectivity index (χ0n) is 13.0. The van der Waals surface area contributed by atoms with Gasteiger partial charge in [0.2, 0.25) is 11.8 Å². The Morgan fingerprint density at radius 1 is 1.43 bits per heavy atom. The molecule has 6 nitrogen and oxygen atoms in total. The van der Waals surface area contributed by atoms with E-state index in [-0.39, 0.29) is 5.92 Å². The Morgan fingerprint density at radius 3 is 3.05 bits per heavy atom. The Bertz CT molecular complexity index is 588. The Balaban J connectivity index is 1.53. The highest BCUT2D eigenvalue weighted by Gasteiger charge is 2.21. The van der Waals surface area contributed by atoms with Gasteiger partial charge in [-0.25, -0.2) is 4.98 Å². The molecule has 0 aromatic carbocycles. The number of hydrogen-bond donors (Lipinski definition) is 0. The fourth-order valence-electron chi connectivity index (χ4n) is 2.89. The number of imidazole rings is 1. The van der Waals surface area contributed by atoms with E-state index in [2.05, 4.69) is 51.7 Å². The van der Waals surface area contributed by atoms with Crippen molar-refractivity contribution in [1.29, 1.82) is 0 Å². The van der Waals surface area contributed by atoms with E-state index in [1.54, 1.807) is 0 Å². The first-order valence-corrected chi connectivity index (χ1v) is 7.62. The van der Waals surface area contributed by atoms with Gasteiger partial charge < -0.3 is 8.98 Å². The summed E-state index contributed by atoms with van der Waals surface area (Å²) in [5, 5.41) is 8.21. The molecule has 114 valence electrons. The molecule has 3 heterocycles. The molecule has 0 radical (unpaired) electrons. The van der Waals surface area contributed by atoms with Crippen molar-refractivity contribution in [2.75, 3.05) is 13.6 Å². The first-order valence-electron chi connectivity index (χ1n) is 7.62. The maximum atomic E-state index is 5.67. The van der Waals surface area contributed by atoms with Gasteiger partial charge in [-0.2, -0.15) is 0 Å². The normalized spacial score (nSPS) is 18.4. The predicted molar refractivity (Wildman–Crippen MR) is 78.8 cm³/mol. The van der Waals surface area contributed by atoms with Crippen molar-refractivity contribution >= 4 is 0 Å². The maximum Gasteiger partial charge on any atom is 0.230 e. The van der Waals surface area contributed by atoms with Gasteiger partial charge in [0.1, 0.15) is 5.82 Å². The van der Waals surface area contributed by atoms with Gasteiger partial charge in [-0.15, -0.1) is 10.2 Å². The van der Waals surface area contributed by atoms with Gasteiger partial charge in [-0.05, 0) is 19.4 Å². The fraction of sp³-hybridized carbons (Fsp3) is 0.667. The third-order valence-corrected chi connectivity index (χ3v) is 3.98. The molecule has 2 aromatic rings. The van der Waals surface area contributed by atoms with E-state index in [0.29, 0.717) is 18.4 Å². The number of rotatable bonds is 5. The molecule has 6 heteroatoms. The summed E-state index contributed by atoms with van der Waals surface area (Å²) in [5.74, 6) is 3.59. The molecule has 2 aromatic heterocycles. The van der Waals surface area contributed by atoms with E-state index in [1.807, 2.05) is 6.20 Å². The maximum absolute atomic E-state index is 5.67. The Morgan fingerprint density at radius 2 is 2.29 bits per heavy atom. The van der Waals surface area contributed by atoms with Crippen LogP contribution in [0.5, 0.6) is 0 Å². The predicted octanol–water partition coefficient (Wildman–Crippen LogP) is 2.08. The Hall–Kier alpha value is -1.69. The first kappa shape index (κ1) is 14.3. The number of nitrogens with zero attached hydrogens (tertiary/aromatic N) is 5. The van der Waals surface area contributed by atoms with Crippen LogP contribution < -0.4 is 0 Å². The zero-order chi connectivity index (χ0) is 14.8. The van der Waals surface area contributed by atoms with Crippen LogP contribution in [-0.4, -0.2) is 38.2 Å². The van der Waals surface area contributed by atoms with Crippen molar-refractivity contribution in [2.45, 2.75) is 45.7 Å². The highest BCUT2D eigenvalue weighted by molar-refractivity contribution is 4.97. The molecule has 1 atom stereocenters. The third-order valence-electron chi connectivity index (χ3n) is 3.98. The molecule has 1 aliphatic rings. The molecule has 1 aliphatic heterocycles. The van der Waals surface area contributed by atoms with E-state index in [4.69, 9.17) is 4.42 Å². The topological polar surface area (TPSA) is 60.0 Å². The van der Waals surface area contributed by atoms with Crippen LogP contribution >= 0.6 is 0 Å². The lowest BCUT2D eigenvalue weighted by Crippen LogP contribution is -2.31. The smallest absolute Gasteiger partial charge is 0.230 e. The van der Waals surface area contributed by atoms with E-state index in [1.165, 1.54) is 12.2 Å². The molecular weight excluding hydrogens is 266 g/mol. The van der Waals surface area contributed by atoms with Gasteiger partial charge in [-0.3, -0.25) is 4.90 Å². The van der Waals surface area contributed by atoms with Crippen LogP contribution in [0.15, 0.2) is 16.8 Å². The molecule has 0 saturated carbocycles. The summed E-state index contributed by atoms with van der Waals surface area (Å²) in [6.07, 6.45) is 6.24.